The van der Waals surface area contributed by atoms with Gasteiger partial charge in [-0.3, -0.25) is 14.4 Å². The van der Waals surface area contributed by atoms with Crippen molar-refractivity contribution in [2.45, 2.75) is 250 Å². The third-order valence-corrected chi connectivity index (χ3v) is 12.3. The van der Waals surface area contributed by atoms with Crippen LogP contribution in [-0.4, -0.2) is 89.2 Å². The number of rotatable bonds is 47. The third kappa shape index (κ3) is 40.3. The SMILES string of the molecule is CC/C=C\C/C=C\C/C=C\C/C=C\CCC(=O)OC(COC(=O)CCCCCCCCC/C=C\C/C=C\CCCCC)COC1OC(C(=O)O)C(O)C(O)C1OC(=O)CCCCCCC/C=C\C/C=C\C/C=C\CC. The largest absolute Gasteiger partial charge is 0.479 e. The van der Waals surface area contributed by atoms with Crippen LogP contribution in [0.5, 0.6) is 0 Å². The van der Waals surface area contributed by atoms with Gasteiger partial charge in [-0.1, -0.05) is 194 Å². The molecule has 12 heteroatoms. The van der Waals surface area contributed by atoms with Gasteiger partial charge in [-0.15, -0.1) is 0 Å². The van der Waals surface area contributed by atoms with Gasteiger partial charge in [-0.2, -0.15) is 0 Å². The number of carboxylic acid groups (broad SMARTS) is 1. The van der Waals surface area contributed by atoms with Crippen molar-refractivity contribution in [2.75, 3.05) is 13.2 Å². The molecule has 6 unspecified atom stereocenters. The van der Waals surface area contributed by atoms with Crippen LogP contribution in [0.25, 0.3) is 0 Å². The average molecular weight is 1050 g/mol. The summed E-state index contributed by atoms with van der Waals surface area (Å²) in [4.78, 5) is 51.0. The minimum Gasteiger partial charge on any atom is -0.479 e. The number of aliphatic carboxylic acids is 1. The molecule has 1 rings (SSSR count). The van der Waals surface area contributed by atoms with Gasteiger partial charge in [0.15, 0.2) is 24.6 Å². The lowest BCUT2D eigenvalue weighted by Gasteiger charge is -2.40. The molecule has 0 radical (unpaired) electrons. The number of hydrogen-bond acceptors (Lipinski definition) is 11. The Morgan fingerprint density at radius 1 is 0.453 bits per heavy atom. The molecular weight excluding hydrogens is 949 g/mol. The summed E-state index contributed by atoms with van der Waals surface area (Å²) in [5.74, 6) is -3.28. The van der Waals surface area contributed by atoms with Crippen LogP contribution in [-0.2, 0) is 42.9 Å². The summed E-state index contributed by atoms with van der Waals surface area (Å²) in [5.41, 5.74) is 0. The number of carbonyl (C=O) groups excluding carboxylic acids is 3. The first-order chi connectivity index (χ1) is 36.6. The zero-order valence-corrected chi connectivity index (χ0v) is 46.5. The first-order valence-corrected chi connectivity index (χ1v) is 28.9. The molecule has 3 N–H and O–H groups in total. The summed E-state index contributed by atoms with van der Waals surface area (Å²) in [5, 5.41) is 31.4. The van der Waals surface area contributed by atoms with Gasteiger partial charge in [0.05, 0.1) is 6.61 Å². The first kappa shape index (κ1) is 68.4. The predicted molar refractivity (Wildman–Crippen MR) is 303 cm³/mol. The highest BCUT2D eigenvalue weighted by molar-refractivity contribution is 5.74. The van der Waals surface area contributed by atoms with Crippen molar-refractivity contribution in [2.24, 2.45) is 0 Å². The second kappa shape index (κ2) is 50.2. The Morgan fingerprint density at radius 2 is 0.867 bits per heavy atom. The molecule has 0 aromatic rings. The number of aliphatic hydroxyl groups excluding tert-OH is 2. The molecule has 1 aliphatic rings. The molecule has 1 fully saturated rings. The minimum atomic E-state index is -1.93. The normalized spacial score (nSPS) is 19.0. The number of allylic oxidation sites excluding steroid dienone is 18. The quantitative estimate of drug-likeness (QED) is 0.0228. The Hall–Kier alpha value is -4.62. The lowest BCUT2D eigenvalue weighted by Crippen LogP contribution is -2.61. The summed E-state index contributed by atoms with van der Waals surface area (Å²) in [7, 11) is 0. The van der Waals surface area contributed by atoms with Crippen molar-refractivity contribution in [3.8, 4) is 0 Å². The molecule has 0 spiro atoms. The highest BCUT2D eigenvalue weighted by atomic mass is 16.7. The van der Waals surface area contributed by atoms with Crippen molar-refractivity contribution in [1.82, 2.24) is 0 Å². The zero-order chi connectivity index (χ0) is 54.7. The lowest BCUT2D eigenvalue weighted by atomic mass is 9.98. The summed E-state index contributed by atoms with van der Waals surface area (Å²) < 4.78 is 28.3. The summed E-state index contributed by atoms with van der Waals surface area (Å²) in [6.45, 7) is 5.65. The van der Waals surface area contributed by atoms with E-state index in [4.69, 9.17) is 23.7 Å². The first-order valence-electron chi connectivity index (χ1n) is 28.9. The van der Waals surface area contributed by atoms with Crippen LogP contribution in [0.4, 0.5) is 0 Å². The van der Waals surface area contributed by atoms with Crippen molar-refractivity contribution in [1.29, 1.82) is 0 Å². The van der Waals surface area contributed by atoms with Crippen molar-refractivity contribution in [3.05, 3.63) is 109 Å². The molecule has 75 heavy (non-hydrogen) atoms. The molecule has 424 valence electrons. The van der Waals surface area contributed by atoms with E-state index >= 15 is 0 Å². The van der Waals surface area contributed by atoms with E-state index in [0.29, 0.717) is 25.7 Å². The van der Waals surface area contributed by atoms with Gasteiger partial charge in [-0.05, 0) is 109 Å². The van der Waals surface area contributed by atoms with Crippen LogP contribution in [0, 0.1) is 0 Å². The molecule has 6 atom stereocenters. The maximum absolute atomic E-state index is 13.1. The lowest BCUT2D eigenvalue weighted by molar-refractivity contribution is -0.301. The van der Waals surface area contributed by atoms with Gasteiger partial charge < -0.3 is 39.0 Å². The monoisotopic (exact) mass is 1050 g/mol. The van der Waals surface area contributed by atoms with Crippen LogP contribution < -0.4 is 0 Å². The topological polar surface area (TPSA) is 175 Å². The van der Waals surface area contributed by atoms with Gasteiger partial charge in [0.2, 0.25) is 0 Å². The fraction of sp³-hybridized carbons (Fsp3) is 0.651. The second-order valence-corrected chi connectivity index (χ2v) is 19.2. The van der Waals surface area contributed by atoms with Crippen LogP contribution in [0.3, 0.4) is 0 Å². The molecule has 0 aromatic heterocycles. The summed E-state index contributed by atoms with van der Waals surface area (Å²) >= 11 is 0. The minimum absolute atomic E-state index is 0.0269. The molecule has 1 aliphatic heterocycles. The maximum atomic E-state index is 13.1. The Kier molecular flexibility index (Phi) is 45.8. The molecular formula is C63H100O12. The van der Waals surface area contributed by atoms with E-state index < -0.39 is 67.3 Å². The van der Waals surface area contributed by atoms with Crippen molar-refractivity contribution >= 4 is 23.9 Å². The fourth-order valence-corrected chi connectivity index (χ4v) is 7.95. The van der Waals surface area contributed by atoms with Crippen molar-refractivity contribution < 1.29 is 58.2 Å². The van der Waals surface area contributed by atoms with Crippen LogP contribution >= 0.6 is 0 Å². The van der Waals surface area contributed by atoms with Crippen molar-refractivity contribution in [3.63, 3.8) is 0 Å². The number of carboxylic acids is 1. The van der Waals surface area contributed by atoms with Crippen LogP contribution in [0.1, 0.15) is 213 Å². The average Bonchev–Trinajstić information content (AvgIpc) is 3.39. The Bertz CT molecular complexity index is 1720. The standard InChI is InChI=1S/C63H100O12/c1-4-7-10-13-16-19-22-25-27-28-30-32-34-37-40-43-46-49-55(64)71-52-54(73-56(65)50-47-44-41-38-35-31-24-21-18-15-12-9-6-3)53-72-63-61(59(68)58(67)60(75-63)62(69)70)74-57(66)51-48-45-42-39-36-33-29-26-23-20-17-14-11-8-5-2/h8-9,11-12,16-21,25-27,29,31,35,41,44,54,58-61,63,67-68H,4-7,10,13-15,22-24,28,30,32-34,36-40,42-43,45-53H2,1-3H3,(H,69,70)/b11-8-,12-9-,19-16-,20-17-,21-18-,27-25-,29-26-,35-31-,44-41-. The highest BCUT2D eigenvalue weighted by Crippen LogP contribution is 2.26. The second-order valence-electron chi connectivity index (χ2n) is 19.2. The van der Waals surface area contributed by atoms with E-state index in [0.717, 1.165) is 109 Å². The van der Waals surface area contributed by atoms with Gasteiger partial charge >= 0.3 is 23.9 Å². The molecule has 0 aliphatic carbocycles. The van der Waals surface area contributed by atoms with Gasteiger partial charge in [0.25, 0.3) is 0 Å². The van der Waals surface area contributed by atoms with E-state index in [1.807, 2.05) is 12.2 Å². The van der Waals surface area contributed by atoms with Gasteiger partial charge in [-0.25, -0.2) is 4.79 Å². The molecule has 0 aromatic carbocycles. The van der Waals surface area contributed by atoms with E-state index in [9.17, 15) is 34.5 Å². The molecule has 0 amide bonds. The number of aliphatic hydroxyl groups is 2. The number of carbonyl (C=O) groups is 4. The van der Waals surface area contributed by atoms with Crippen LogP contribution in [0.2, 0.25) is 0 Å². The Labute approximate surface area is 453 Å². The zero-order valence-electron chi connectivity index (χ0n) is 46.5. The smallest absolute Gasteiger partial charge is 0.335 e. The number of ether oxygens (including phenoxy) is 5. The summed E-state index contributed by atoms with van der Waals surface area (Å²) in [6, 6.07) is 0. The number of esters is 3. The highest BCUT2D eigenvalue weighted by Gasteiger charge is 2.50. The van der Waals surface area contributed by atoms with Crippen LogP contribution in [0.15, 0.2) is 109 Å². The van der Waals surface area contributed by atoms with Gasteiger partial charge in [0, 0.05) is 19.3 Å². The van der Waals surface area contributed by atoms with E-state index in [1.165, 1.54) is 38.5 Å². The molecule has 0 bridgehead atoms. The van der Waals surface area contributed by atoms with E-state index in [1.54, 1.807) is 0 Å². The molecule has 1 saturated heterocycles. The molecule has 0 saturated carbocycles. The Balaban J connectivity index is 2.75. The fourth-order valence-electron chi connectivity index (χ4n) is 7.95. The number of hydrogen-bond donors (Lipinski definition) is 3. The third-order valence-electron chi connectivity index (χ3n) is 12.3. The molecule has 1 heterocycles. The molecule has 12 nitrogen and oxygen atoms in total. The van der Waals surface area contributed by atoms with E-state index in [2.05, 4.69) is 118 Å². The Morgan fingerprint density at radius 3 is 1.33 bits per heavy atom. The number of unbranched alkanes of at least 4 members (excludes halogenated alkanes) is 15. The maximum Gasteiger partial charge on any atom is 0.335 e. The van der Waals surface area contributed by atoms with Gasteiger partial charge in [0.1, 0.15) is 18.8 Å². The predicted octanol–water partition coefficient (Wildman–Crippen LogP) is 14.7. The van der Waals surface area contributed by atoms with E-state index in [-0.39, 0.29) is 25.9 Å². The summed E-state index contributed by atoms with van der Waals surface area (Å²) in [6.07, 6.45) is 55.0.